The lowest BCUT2D eigenvalue weighted by atomic mass is 10.3. The molecule has 1 unspecified atom stereocenters. The molecule has 0 aromatic carbocycles. The van der Waals surface area contributed by atoms with Gasteiger partial charge >= 0.3 is 0 Å². The van der Waals surface area contributed by atoms with Crippen molar-refractivity contribution in [2.75, 3.05) is 0 Å². The molecule has 1 N–H and O–H groups in total. The van der Waals surface area contributed by atoms with Crippen molar-refractivity contribution in [3.63, 3.8) is 0 Å². The van der Waals surface area contributed by atoms with E-state index in [1.165, 1.54) is 11.3 Å². The Kier molecular flexibility index (Phi) is 3.96. The van der Waals surface area contributed by atoms with E-state index in [-0.39, 0.29) is 4.21 Å². The number of furan rings is 1. The largest absolute Gasteiger partial charge is 0.465 e. The first-order valence-electron chi connectivity index (χ1n) is 5.22. The van der Waals surface area contributed by atoms with Crippen molar-refractivity contribution in [1.29, 1.82) is 0 Å². The van der Waals surface area contributed by atoms with Gasteiger partial charge in [-0.3, -0.25) is 0 Å². The van der Waals surface area contributed by atoms with Crippen molar-refractivity contribution in [1.82, 2.24) is 4.72 Å². The molecule has 0 saturated carbocycles. The van der Waals surface area contributed by atoms with Gasteiger partial charge in [-0.1, -0.05) is 0 Å². The Hall–Kier alpha value is -0.630. The lowest BCUT2D eigenvalue weighted by Gasteiger charge is -2.11. The summed E-state index contributed by atoms with van der Waals surface area (Å²) in [4.78, 5) is 0. The van der Waals surface area contributed by atoms with Gasteiger partial charge in [0.05, 0.1) is 6.04 Å². The highest BCUT2D eigenvalue weighted by molar-refractivity contribution is 9.10. The van der Waals surface area contributed by atoms with E-state index < -0.39 is 16.1 Å². The molecule has 2 aromatic heterocycles. The van der Waals surface area contributed by atoms with Gasteiger partial charge in [-0.05, 0) is 53.4 Å². The average Bonchev–Trinajstić information content (AvgIpc) is 2.86. The fourth-order valence-corrected chi connectivity index (χ4v) is 5.07. The molecule has 0 bridgehead atoms. The Balaban J connectivity index is 2.21. The predicted molar refractivity (Wildman–Crippen MR) is 74.2 cm³/mol. The lowest BCUT2D eigenvalue weighted by Crippen LogP contribution is -2.26. The molecule has 98 valence electrons. The van der Waals surface area contributed by atoms with Crippen LogP contribution < -0.4 is 4.72 Å². The lowest BCUT2D eigenvalue weighted by molar-refractivity contribution is 0.441. The van der Waals surface area contributed by atoms with Gasteiger partial charge in [0.1, 0.15) is 15.7 Å². The second-order valence-corrected chi connectivity index (χ2v) is 7.53. The van der Waals surface area contributed by atoms with Gasteiger partial charge in [0.15, 0.2) is 0 Å². The number of rotatable bonds is 4. The maximum absolute atomic E-state index is 12.1. The fraction of sp³-hybridized carbons (Fsp3) is 0.273. The van der Waals surface area contributed by atoms with Crippen LogP contribution in [0.5, 0.6) is 0 Å². The molecular weight excluding hydrogens is 338 g/mol. The van der Waals surface area contributed by atoms with Crippen LogP contribution in [0.25, 0.3) is 0 Å². The molecule has 7 heteroatoms. The standard InChI is InChI=1S/C11H12BrNO3S2/c1-7-3-4-10(16-7)8(2)13-18(14,15)11-9(12)5-6-17-11/h3-6,8,13H,1-2H3. The van der Waals surface area contributed by atoms with Gasteiger partial charge in [-0.15, -0.1) is 11.3 Å². The van der Waals surface area contributed by atoms with Crippen LogP contribution in [0.1, 0.15) is 24.5 Å². The minimum Gasteiger partial charge on any atom is -0.465 e. The van der Waals surface area contributed by atoms with Crippen LogP contribution in [0.4, 0.5) is 0 Å². The number of aryl methyl sites for hydroxylation is 1. The van der Waals surface area contributed by atoms with E-state index in [1.807, 2.05) is 6.92 Å². The molecule has 2 heterocycles. The topological polar surface area (TPSA) is 59.3 Å². The molecule has 18 heavy (non-hydrogen) atoms. The Morgan fingerprint density at radius 1 is 1.39 bits per heavy atom. The van der Waals surface area contributed by atoms with Gasteiger partial charge in [-0.25, -0.2) is 13.1 Å². The zero-order chi connectivity index (χ0) is 13.3. The monoisotopic (exact) mass is 349 g/mol. The third-order valence-electron chi connectivity index (χ3n) is 2.35. The van der Waals surface area contributed by atoms with Crippen molar-refractivity contribution < 1.29 is 12.8 Å². The molecule has 1 atom stereocenters. The second kappa shape index (κ2) is 5.16. The van der Waals surface area contributed by atoms with Crippen LogP contribution in [-0.2, 0) is 10.0 Å². The summed E-state index contributed by atoms with van der Waals surface area (Å²) >= 11 is 4.39. The molecule has 0 aliphatic rings. The summed E-state index contributed by atoms with van der Waals surface area (Å²) in [6.45, 7) is 3.57. The highest BCUT2D eigenvalue weighted by atomic mass is 79.9. The van der Waals surface area contributed by atoms with E-state index in [4.69, 9.17) is 4.42 Å². The molecule has 2 aromatic rings. The van der Waals surface area contributed by atoms with Crippen molar-refractivity contribution in [2.45, 2.75) is 24.1 Å². The number of hydrogen-bond donors (Lipinski definition) is 1. The zero-order valence-corrected chi connectivity index (χ0v) is 13.0. The second-order valence-electron chi connectivity index (χ2n) is 3.85. The first-order chi connectivity index (χ1) is 8.40. The van der Waals surface area contributed by atoms with E-state index in [2.05, 4.69) is 20.7 Å². The molecular formula is C11H12BrNO3S2. The summed E-state index contributed by atoms with van der Waals surface area (Å²) in [6.07, 6.45) is 0. The molecule has 0 amide bonds. The van der Waals surface area contributed by atoms with Crippen LogP contribution in [0.3, 0.4) is 0 Å². The van der Waals surface area contributed by atoms with Crippen LogP contribution in [0.15, 0.2) is 36.7 Å². The van der Waals surface area contributed by atoms with E-state index in [0.29, 0.717) is 10.2 Å². The van der Waals surface area contributed by atoms with Gasteiger partial charge in [0.25, 0.3) is 10.0 Å². The Morgan fingerprint density at radius 2 is 2.11 bits per heavy atom. The quantitative estimate of drug-likeness (QED) is 0.919. The normalized spacial score (nSPS) is 13.7. The zero-order valence-electron chi connectivity index (χ0n) is 9.81. The molecule has 0 radical (unpaired) electrons. The highest BCUT2D eigenvalue weighted by Gasteiger charge is 2.23. The summed E-state index contributed by atoms with van der Waals surface area (Å²) in [5.41, 5.74) is 0. The van der Waals surface area contributed by atoms with Crippen LogP contribution in [-0.4, -0.2) is 8.42 Å². The van der Waals surface area contributed by atoms with Gasteiger partial charge in [0.2, 0.25) is 0 Å². The number of hydrogen-bond acceptors (Lipinski definition) is 4. The minimum atomic E-state index is -3.52. The average molecular weight is 350 g/mol. The maximum atomic E-state index is 12.1. The third-order valence-corrected chi connectivity index (χ3v) is 6.56. The van der Waals surface area contributed by atoms with E-state index >= 15 is 0 Å². The maximum Gasteiger partial charge on any atom is 0.251 e. The van der Waals surface area contributed by atoms with Crippen molar-refractivity contribution in [3.05, 3.63) is 39.6 Å². The number of thiophene rings is 1. The third kappa shape index (κ3) is 2.85. The number of sulfonamides is 1. The van der Waals surface area contributed by atoms with E-state index in [1.54, 1.807) is 30.5 Å². The predicted octanol–water partition coefficient (Wildman–Crippen LogP) is 3.45. The van der Waals surface area contributed by atoms with Gasteiger partial charge in [-0.2, -0.15) is 0 Å². The molecule has 0 aliphatic heterocycles. The smallest absolute Gasteiger partial charge is 0.251 e. The Morgan fingerprint density at radius 3 is 2.61 bits per heavy atom. The van der Waals surface area contributed by atoms with E-state index in [9.17, 15) is 8.42 Å². The molecule has 0 saturated heterocycles. The van der Waals surface area contributed by atoms with Crippen molar-refractivity contribution >= 4 is 37.3 Å². The first-order valence-corrected chi connectivity index (χ1v) is 8.37. The van der Waals surface area contributed by atoms with Crippen LogP contribution in [0.2, 0.25) is 0 Å². The fourth-order valence-electron chi connectivity index (χ4n) is 1.50. The summed E-state index contributed by atoms with van der Waals surface area (Å²) in [6, 6.07) is 4.88. The molecule has 4 nitrogen and oxygen atoms in total. The summed E-state index contributed by atoms with van der Waals surface area (Å²) in [7, 11) is -3.52. The summed E-state index contributed by atoms with van der Waals surface area (Å²) in [5.74, 6) is 1.36. The van der Waals surface area contributed by atoms with E-state index in [0.717, 1.165) is 5.76 Å². The molecule has 0 spiro atoms. The summed E-state index contributed by atoms with van der Waals surface area (Å²) < 4.78 is 33.1. The Bertz CT molecular complexity index is 645. The molecule has 2 rings (SSSR count). The van der Waals surface area contributed by atoms with Crippen LogP contribution in [0, 0.1) is 6.92 Å². The minimum absolute atomic E-state index is 0.276. The SMILES string of the molecule is Cc1ccc(C(C)NS(=O)(=O)c2sccc2Br)o1. The van der Waals surface area contributed by atoms with Crippen LogP contribution >= 0.6 is 27.3 Å². The number of nitrogens with one attached hydrogen (secondary N) is 1. The first kappa shape index (κ1) is 13.8. The van der Waals surface area contributed by atoms with Gasteiger partial charge in [0, 0.05) is 4.47 Å². The Labute approximate surface area is 118 Å². The molecule has 0 fully saturated rings. The summed E-state index contributed by atoms with van der Waals surface area (Å²) in [5, 5.41) is 1.72. The highest BCUT2D eigenvalue weighted by Crippen LogP contribution is 2.29. The van der Waals surface area contributed by atoms with Gasteiger partial charge < -0.3 is 4.42 Å². The number of halogens is 1. The van der Waals surface area contributed by atoms with Crippen molar-refractivity contribution in [3.8, 4) is 0 Å². The van der Waals surface area contributed by atoms with Crippen molar-refractivity contribution in [2.24, 2.45) is 0 Å². The molecule has 0 aliphatic carbocycles.